The average molecular weight is 473 g/mol. The molecule has 0 atom stereocenters. The van der Waals surface area contributed by atoms with Crippen molar-refractivity contribution in [1.29, 1.82) is 0 Å². The fourth-order valence-electron chi connectivity index (χ4n) is 3.32. The Kier molecular flexibility index (Phi) is 15.6. The van der Waals surface area contributed by atoms with Crippen molar-refractivity contribution >= 4 is 11.8 Å². The highest BCUT2D eigenvalue weighted by Gasteiger charge is 2.09. The van der Waals surface area contributed by atoms with Crippen LogP contribution in [0.3, 0.4) is 0 Å². The van der Waals surface area contributed by atoms with E-state index in [0.717, 1.165) is 13.0 Å². The monoisotopic (exact) mass is 472 g/mol. The van der Waals surface area contributed by atoms with Crippen molar-refractivity contribution in [3.05, 3.63) is 59.7 Å². The molecule has 8 nitrogen and oxygen atoms in total. The van der Waals surface area contributed by atoms with Gasteiger partial charge in [-0.2, -0.15) is 0 Å². The van der Waals surface area contributed by atoms with E-state index in [1.807, 2.05) is 5.43 Å². The molecule has 0 unspecified atom stereocenters. The number of benzene rings is 2. The van der Waals surface area contributed by atoms with E-state index in [4.69, 9.17) is 10.9 Å². The molecule has 0 aliphatic rings. The fourth-order valence-corrected chi connectivity index (χ4v) is 3.32. The maximum absolute atomic E-state index is 11.8. The molecule has 0 saturated carbocycles. The average Bonchev–Trinajstić information content (AvgIpc) is 2.85. The minimum Gasteiger partial charge on any atom is -0.507 e. The van der Waals surface area contributed by atoms with Gasteiger partial charge in [-0.1, -0.05) is 89.0 Å². The summed E-state index contributed by atoms with van der Waals surface area (Å²) < 4.78 is 0. The van der Waals surface area contributed by atoms with Gasteiger partial charge in [0.15, 0.2) is 0 Å². The third-order valence-corrected chi connectivity index (χ3v) is 5.29. The van der Waals surface area contributed by atoms with E-state index in [1.54, 1.807) is 30.3 Å². The third kappa shape index (κ3) is 12.2. The normalized spacial score (nSPS) is 10.2. The summed E-state index contributed by atoms with van der Waals surface area (Å²) in [5.41, 5.74) is 7.94. The topological polar surface area (TPSA) is 137 Å². The summed E-state index contributed by atoms with van der Waals surface area (Å²) >= 11 is 0. The summed E-state index contributed by atoms with van der Waals surface area (Å²) in [6, 6.07) is 12.7. The largest absolute Gasteiger partial charge is 0.507 e. The highest BCUT2D eigenvalue weighted by Crippen LogP contribution is 2.15. The molecular weight excluding hydrogens is 432 g/mol. The lowest BCUT2D eigenvalue weighted by molar-refractivity contribution is 0.0927. The first-order chi connectivity index (χ1) is 16.5. The van der Waals surface area contributed by atoms with Gasteiger partial charge in [0.1, 0.15) is 11.5 Å². The molecule has 8 heteroatoms. The molecule has 0 aromatic heterocycles. The number of phenols is 2. The first-order valence-electron chi connectivity index (χ1n) is 12.1. The van der Waals surface area contributed by atoms with Crippen molar-refractivity contribution in [2.45, 2.75) is 71.1 Å². The Balaban J connectivity index is 0.000000437. The molecule has 0 fully saturated rings. The number of unbranched alkanes of at least 4 members (excludes halogenated alkanes) is 9. The highest BCUT2D eigenvalue weighted by atomic mass is 16.3. The number of nitrogens with two attached hydrogens (primary N) is 1. The van der Waals surface area contributed by atoms with Crippen molar-refractivity contribution in [3.63, 3.8) is 0 Å². The standard InChI is InChI=1S/C19H32N2O2.C7H8N2O2/c1-2-3-4-5-6-7-8-9-10-13-16-20-21-19(23)17-14-11-12-15-18(17)22;8-9-7(11)5-3-1-2-4-6(5)10/h11-12,14-15,20,22H,2-10,13,16H2,1H3,(H,21,23);1-4,10H,8H2,(H,9,11). The Bertz CT molecular complexity index is 845. The number of amides is 2. The first kappa shape index (κ1) is 28.9. The Morgan fingerprint density at radius 1 is 0.706 bits per heavy atom. The Morgan fingerprint density at radius 3 is 1.62 bits per heavy atom. The number of carbonyl (C=O) groups excluding carboxylic acids is 2. The summed E-state index contributed by atoms with van der Waals surface area (Å²) in [5, 5.41) is 18.7. The molecule has 2 amide bonds. The number of carbonyl (C=O) groups is 2. The van der Waals surface area contributed by atoms with Gasteiger partial charge < -0.3 is 10.2 Å². The van der Waals surface area contributed by atoms with E-state index in [-0.39, 0.29) is 23.0 Å². The van der Waals surface area contributed by atoms with Crippen LogP contribution >= 0.6 is 0 Å². The van der Waals surface area contributed by atoms with Gasteiger partial charge in [-0.05, 0) is 30.7 Å². The number of hydrogen-bond acceptors (Lipinski definition) is 6. The molecule has 0 heterocycles. The van der Waals surface area contributed by atoms with Crippen molar-refractivity contribution in [2.24, 2.45) is 5.84 Å². The van der Waals surface area contributed by atoms with Gasteiger partial charge >= 0.3 is 0 Å². The van der Waals surface area contributed by atoms with E-state index in [2.05, 4.69) is 17.8 Å². The summed E-state index contributed by atoms with van der Waals surface area (Å²) in [6.45, 7) is 3.01. The molecule has 0 bridgehead atoms. The van der Waals surface area contributed by atoms with Crippen LogP contribution in [-0.4, -0.2) is 28.6 Å². The molecule has 0 radical (unpaired) electrons. The molecule has 2 aromatic rings. The SMILES string of the molecule is CCCCCCCCCCCCNNC(=O)c1ccccc1O.NNC(=O)c1ccccc1O. The number of aromatic hydroxyl groups is 2. The quantitative estimate of drug-likeness (QED) is 0.103. The first-order valence-corrected chi connectivity index (χ1v) is 12.1. The Labute approximate surface area is 202 Å². The van der Waals surface area contributed by atoms with E-state index in [1.165, 1.54) is 76.0 Å². The van der Waals surface area contributed by atoms with Gasteiger partial charge in [0.25, 0.3) is 11.8 Å². The number of hydrazine groups is 2. The number of para-hydroxylation sites is 2. The Morgan fingerprint density at radius 2 is 1.15 bits per heavy atom. The maximum atomic E-state index is 11.8. The van der Waals surface area contributed by atoms with Crippen LogP contribution in [0.4, 0.5) is 0 Å². The van der Waals surface area contributed by atoms with Crippen molar-refractivity contribution in [3.8, 4) is 11.5 Å². The third-order valence-electron chi connectivity index (χ3n) is 5.29. The second-order valence-corrected chi connectivity index (χ2v) is 8.07. The minimum absolute atomic E-state index is 0.00531. The van der Waals surface area contributed by atoms with Crippen LogP contribution in [-0.2, 0) is 0 Å². The van der Waals surface area contributed by atoms with E-state index < -0.39 is 5.91 Å². The van der Waals surface area contributed by atoms with Crippen molar-refractivity contribution in [1.82, 2.24) is 16.3 Å². The van der Waals surface area contributed by atoms with Crippen LogP contribution < -0.4 is 22.1 Å². The van der Waals surface area contributed by atoms with E-state index in [9.17, 15) is 14.7 Å². The molecular formula is C26H40N4O4. The number of phenolic OH excluding ortho intramolecular Hbond substituents is 2. The van der Waals surface area contributed by atoms with Crippen LogP contribution in [0.2, 0.25) is 0 Å². The second kappa shape index (κ2) is 18.3. The lowest BCUT2D eigenvalue weighted by atomic mass is 10.1. The number of nitrogen functional groups attached to an aromatic ring is 1. The van der Waals surface area contributed by atoms with Gasteiger partial charge in [-0.15, -0.1) is 0 Å². The lowest BCUT2D eigenvalue weighted by Crippen LogP contribution is -2.37. The minimum atomic E-state index is -0.497. The van der Waals surface area contributed by atoms with Gasteiger partial charge in [0, 0.05) is 6.54 Å². The van der Waals surface area contributed by atoms with Crippen LogP contribution in [0, 0.1) is 0 Å². The molecule has 2 rings (SSSR count). The summed E-state index contributed by atoms with van der Waals surface area (Å²) in [6.07, 6.45) is 13.0. The predicted octanol–water partition coefficient (Wildman–Crippen LogP) is 4.54. The zero-order valence-electron chi connectivity index (χ0n) is 20.2. The number of rotatable bonds is 14. The zero-order valence-corrected chi connectivity index (χ0v) is 20.2. The maximum Gasteiger partial charge on any atom is 0.269 e. The van der Waals surface area contributed by atoms with Crippen molar-refractivity contribution in [2.75, 3.05) is 6.54 Å². The van der Waals surface area contributed by atoms with Gasteiger partial charge in [0.2, 0.25) is 0 Å². The molecule has 0 aliphatic carbocycles. The second-order valence-electron chi connectivity index (χ2n) is 8.07. The summed E-state index contributed by atoms with van der Waals surface area (Å²) in [5.74, 6) is 4.00. The zero-order chi connectivity index (χ0) is 25.0. The summed E-state index contributed by atoms with van der Waals surface area (Å²) in [7, 11) is 0. The highest BCUT2D eigenvalue weighted by molar-refractivity contribution is 5.96. The summed E-state index contributed by atoms with van der Waals surface area (Å²) in [4.78, 5) is 22.7. The predicted molar refractivity (Wildman–Crippen MR) is 135 cm³/mol. The van der Waals surface area contributed by atoms with Gasteiger partial charge in [-0.3, -0.25) is 20.4 Å². The van der Waals surface area contributed by atoms with Crippen LogP contribution in [0.25, 0.3) is 0 Å². The molecule has 0 aliphatic heterocycles. The van der Waals surface area contributed by atoms with Crippen LogP contribution in [0.15, 0.2) is 48.5 Å². The fraction of sp³-hybridized carbons (Fsp3) is 0.462. The molecule has 34 heavy (non-hydrogen) atoms. The van der Waals surface area contributed by atoms with Crippen molar-refractivity contribution < 1.29 is 19.8 Å². The molecule has 2 aromatic carbocycles. The molecule has 0 spiro atoms. The Hall–Kier alpha value is -3.10. The van der Waals surface area contributed by atoms with Crippen LogP contribution in [0.5, 0.6) is 11.5 Å². The smallest absolute Gasteiger partial charge is 0.269 e. The number of hydrogen-bond donors (Lipinski definition) is 6. The van der Waals surface area contributed by atoms with Crippen LogP contribution in [0.1, 0.15) is 91.8 Å². The lowest BCUT2D eigenvalue weighted by Gasteiger charge is -2.08. The number of nitrogens with one attached hydrogen (secondary N) is 3. The van der Waals surface area contributed by atoms with E-state index >= 15 is 0 Å². The van der Waals surface area contributed by atoms with E-state index in [0.29, 0.717) is 5.56 Å². The molecule has 0 saturated heterocycles. The molecule has 188 valence electrons. The molecule has 7 N–H and O–H groups in total. The van der Waals surface area contributed by atoms with Gasteiger partial charge in [0.05, 0.1) is 11.1 Å². The van der Waals surface area contributed by atoms with Gasteiger partial charge in [-0.25, -0.2) is 11.3 Å².